The van der Waals surface area contributed by atoms with Crippen LogP contribution in [0.4, 0.5) is 0 Å². The molecule has 1 amide bonds. The molecule has 0 aliphatic rings. The van der Waals surface area contributed by atoms with Gasteiger partial charge in [-0.05, 0) is 12.5 Å². The van der Waals surface area contributed by atoms with E-state index in [0.717, 1.165) is 10.6 Å². The lowest BCUT2D eigenvalue weighted by Crippen LogP contribution is -2.58. The molecule has 0 radical (unpaired) electrons. The second-order valence-electron chi connectivity index (χ2n) is 4.25. The van der Waals surface area contributed by atoms with Crippen LogP contribution >= 0.6 is 0 Å². The fourth-order valence-electron chi connectivity index (χ4n) is 1.37. The Bertz CT molecular complexity index is 445. The first-order valence-corrected chi connectivity index (χ1v) is 5.72. The van der Waals surface area contributed by atoms with Gasteiger partial charge in [0.2, 0.25) is 0 Å². The van der Waals surface area contributed by atoms with E-state index in [-0.39, 0.29) is 6.61 Å². The first-order valence-electron chi connectivity index (χ1n) is 5.72. The molecule has 2 N–H and O–H groups in total. The fourth-order valence-corrected chi connectivity index (χ4v) is 1.37. The summed E-state index contributed by atoms with van der Waals surface area (Å²) in [4.78, 5) is 28.4. The molecule has 0 saturated heterocycles. The van der Waals surface area contributed by atoms with Gasteiger partial charge in [0.25, 0.3) is 5.91 Å². The number of nitrogens with zero attached hydrogens (tertiary/aromatic N) is 1. The number of esters is 1. The summed E-state index contributed by atoms with van der Waals surface area (Å²) < 4.78 is 5.04. The summed E-state index contributed by atoms with van der Waals surface area (Å²) in [5, 5.41) is 0.893. The number of ether oxygens (including phenoxy) is 1. The van der Waals surface area contributed by atoms with Crippen LogP contribution in [0.5, 0.6) is 0 Å². The molecule has 1 atom stereocenters. The molecule has 104 valence electrons. The first-order chi connectivity index (χ1) is 8.89. The number of hydroxylamine groups is 2. The molecule has 6 heteroatoms. The minimum absolute atomic E-state index is 0.0659. The Morgan fingerprint density at radius 2 is 1.89 bits per heavy atom. The predicted molar refractivity (Wildman–Crippen MR) is 68.6 cm³/mol. The molecular formula is C13H18N2O4. The van der Waals surface area contributed by atoms with Gasteiger partial charge in [-0.1, -0.05) is 30.3 Å². The Hall–Kier alpha value is -1.92. The molecule has 0 unspecified atom stereocenters. The van der Waals surface area contributed by atoms with Crippen LogP contribution in [0.3, 0.4) is 0 Å². The summed E-state index contributed by atoms with van der Waals surface area (Å²) >= 11 is 0. The molecule has 0 fully saturated rings. The van der Waals surface area contributed by atoms with Crippen molar-refractivity contribution in [3.63, 3.8) is 0 Å². The SMILES string of the molecule is CON(C)C(=O)[C@](C)(N)C(=O)OCc1ccccc1. The predicted octanol–water partition coefficient (Wildman–Crippen LogP) is 0.467. The lowest BCUT2D eigenvalue weighted by molar-refractivity contribution is -0.180. The van der Waals surface area contributed by atoms with Crippen LogP contribution in [0.15, 0.2) is 30.3 Å². The van der Waals surface area contributed by atoms with Gasteiger partial charge >= 0.3 is 5.97 Å². The quantitative estimate of drug-likeness (QED) is 0.476. The lowest BCUT2D eigenvalue weighted by atomic mass is 10.0. The number of hydrogen-bond donors (Lipinski definition) is 1. The number of rotatable bonds is 5. The average Bonchev–Trinajstić information content (AvgIpc) is 2.43. The normalized spacial score (nSPS) is 13.5. The van der Waals surface area contributed by atoms with Crippen molar-refractivity contribution in [1.29, 1.82) is 0 Å². The smallest absolute Gasteiger partial charge is 0.336 e. The third kappa shape index (κ3) is 3.77. The third-order valence-electron chi connectivity index (χ3n) is 2.64. The van der Waals surface area contributed by atoms with Gasteiger partial charge in [0.1, 0.15) is 6.61 Å². The fraction of sp³-hybridized carbons (Fsp3) is 0.385. The third-order valence-corrected chi connectivity index (χ3v) is 2.64. The zero-order valence-corrected chi connectivity index (χ0v) is 11.3. The largest absolute Gasteiger partial charge is 0.459 e. The Labute approximate surface area is 112 Å². The van der Waals surface area contributed by atoms with Gasteiger partial charge in [0, 0.05) is 7.05 Å². The van der Waals surface area contributed by atoms with Crippen molar-refractivity contribution in [3.05, 3.63) is 35.9 Å². The maximum atomic E-state index is 11.8. The Balaban J connectivity index is 2.64. The van der Waals surface area contributed by atoms with Crippen LogP contribution in [0.25, 0.3) is 0 Å². The summed E-state index contributed by atoms with van der Waals surface area (Å²) in [6.45, 7) is 1.36. The lowest BCUT2D eigenvalue weighted by Gasteiger charge is -2.25. The van der Waals surface area contributed by atoms with Gasteiger partial charge in [-0.2, -0.15) is 0 Å². The maximum Gasteiger partial charge on any atom is 0.336 e. The van der Waals surface area contributed by atoms with Gasteiger partial charge in [0.05, 0.1) is 7.11 Å². The number of amides is 1. The van der Waals surface area contributed by atoms with Crippen LogP contribution in [-0.2, 0) is 25.8 Å². The van der Waals surface area contributed by atoms with Crippen LogP contribution in [0.2, 0.25) is 0 Å². The summed E-state index contributed by atoms with van der Waals surface area (Å²) in [7, 11) is 2.68. The van der Waals surface area contributed by atoms with E-state index >= 15 is 0 Å². The van der Waals surface area contributed by atoms with E-state index in [0.29, 0.717) is 0 Å². The Kier molecular flexibility index (Phi) is 5.02. The summed E-state index contributed by atoms with van der Waals surface area (Å²) in [5.41, 5.74) is 4.74. The van der Waals surface area contributed by atoms with Crippen molar-refractivity contribution in [2.75, 3.05) is 14.2 Å². The molecule has 19 heavy (non-hydrogen) atoms. The number of nitrogens with two attached hydrogens (primary N) is 1. The standard InChI is InChI=1S/C13H18N2O4/c1-13(14,11(16)15(2)18-3)12(17)19-9-10-7-5-4-6-8-10/h4-8H,9,14H2,1-3H3/t13-/m0/s1. The second-order valence-corrected chi connectivity index (χ2v) is 4.25. The van der Waals surface area contributed by atoms with E-state index in [2.05, 4.69) is 0 Å². The summed E-state index contributed by atoms with van der Waals surface area (Å²) in [6.07, 6.45) is 0. The zero-order valence-electron chi connectivity index (χ0n) is 11.3. The minimum atomic E-state index is -1.78. The highest BCUT2D eigenvalue weighted by Gasteiger charge is 2.41. The minimum Gasteiger partial charge on any atom is -0.459 e. The van der Waals surface area contributed by atoms with Crippen LogP contribution in [0.1, 0.15) is 12.5 Å². The highest BCUT2D eigenvalue weighted by atomic mass is 16.7. The molecule has 0 spiro atoms. The topological polar surface area (TPSA) is 81.9 Å². The number of carbonyl (C=O) groups excluding carboxylic acids is 2. The maximum absolute atomic E-state index is 11.8. The second kappa shape index (κ2) is 6.31. The summed E-state index contributed by atoms with van der Waals surface area (Å²) in [6, 6.07) is 9.13. The van der Waals surface area contributed by atoms with Crippen LogP contribution in [0, 0.1) is 0 Å². The molecule has 0 aromatic heterocycles. The van der Waals surface area contributed by atoms with Gasteiger partial charge in [-0.25, -0.2) is 9.86 Å². The van der Waals surface area contributed by atoms with Crippen molar-refractivity contribution in [2.45, 2.75) is 19.1 Å². The van der Waals surface area contributed by atoms with Crippen LogP contribution < -0.4 is 5.73 Å². The van der Waals surface area contributed by atoms with E-state index in [4.69, 9.17) is 15.3 Å². The van der Waals surface area contributed by atoms with Gasteiger partial charge in [0.15, 0.2) is 5.54 Å². The van der Waals surface area contributed by atoms with Crippen molar-refractivity contribution in [3.8, 4) is 0 Å². The van der Waals surface area contributed by atoms with Gasteiger partial charge < -0.3 is 10.5 Å². The molecular weight excluding hydrogens is 248 g/mol. The first kappa shape index (κ1) is 15.1. The van der Waals surface area contributed by atoms with E-state index in [1.165, 1.54) is 21.1 Å². The Morgan fingerprint density at radius 1 is 1.32 bits per heavy atom. The van der Waals surface area contributed by atoms with Gasteiger partial charge in [-0.3, -0.25) is 9.63 Å². The molecule has 1 aromatic rings. The molecule has 0 aliphatic heterocycles. The highest BCUT2D eigenvalue weighted by molar-refractivity contribution is 6.06. The van der Waals surface area contributed by atoms with Gasteiger partial charge in [-0.15, -0.1) is 0 Å². The van der Waals surface area contributed by atoms with Crippen LogP contribution in [-0.4, -0.2) is 36.6 Å². The van der Waals surface area contributed by atoms with Crippen molar-refractivity contribution in [2.24, 2.45) is 5.73 Å². The zero-order chi connectivity index (χ0) is 14.5. The van der Waals surface area contributed by atoms with Crippen molar-refractivity contribution < 1.29 is 19.2 Å². The number of benzene rings is 1. The summed E-state index contributed by atoms with van der Waals surface area (Å²) in [5.74, 6) is -1.47. The Morgan fingerprint density at radius 3 is 2.42 bits per heavy atom. The number of carbonyl (C=O) groups is 2. The molecule has 0 heterocycles. The molecule has 1 aromatic carbocycles. The van der Waals surface area contributed by atoms with E-state index < -0.39 is 17.4 Å². The number of likely N-dealkylation sites (N-methyl/N-ethyl adjacent to an activating group) is 1. The molecule has 0 aliphatic carbocycles. The molecule has 6 nitrogen and oxygen atoms in total. The monoisotopic (exact) mass is 266 g/mol. The van der Waals surface area contributed by atoms with E-state index in [9.17, 15) is 9.59 Å². The molecule has 0 saturated carbocycles. The molecule has 1 rings (SSSR count). The number of hydrogen-bond acceptors (Lipinski definition) is 5. The van der Waals surface area contributed by atoms with E-state index in [1.54, 1.807) is 0 Å². The van der Waals surface area contributed by atoms with Crippen molar-refractivity contribution in [1.82, 2.24) is 5.06 Å². The molecule has 0 bridgehead atoms. The van der Waals surface area contributed by atoms with E-state index in [1.807, 2.05) is 30.3 Å². The van der Waals surface area contributed by atoms with Crippen molar-refractivity contribution >= 4 is 11.9 Å². The average molecular weight is 266 g/mol. The highest BCUT2D eigenvalue weighted by Crippen LogP contribution is 2.09.